The average molecular weight is 422 g/mol. The Hall–Kier alpha value is -2.94. The maximum Gasteiger partial charge on any atom is 0.341 e. The summed E-state index contributed by atoms with van der Waals surface area (Å²) in [5.74, 6) is -1.26. The minimum absolute atomic E-state index is 0.0690. The number of ether oxygens (including phenoxy) is 2. The van der Waals surface area contributed by atoms with Crippen LogP contribution in [-0.4, -0.2) is 74.2 Å². The van der Waals surface area contributed by atoms with Gasteiger partial charge < -0.3 is 24.8 Å². The molecule has 0 aliphatic carbocycles. The number of Topliss-reactive ketones (excluding diaryl/α,β-unsaturated/α-hetero) is 1. The first-order chi connectivity index (χ1) is 14.4. The second-order valence-electron chi connectivity index (χ2n) is 6.95. The van der Waals surface area contributed by atoms with Crippen LogP contribution >= 0.6 is 0 Å². The molecule has 1 aliphatic heterocycles. The van der Waals surface area contributed by atoms with Gasteiger partial charge in [0.2, 0.25) is 5.91 Å². The van der Waals surface area contributed by atoms with E-state index in [1.54, 1.807) is 0 Å². The first-order valence-electron chi connectivity index (χ1n) is 9.75. The zero-order valence-corrected chi connectivity index (χ0v) is 16.9. The molecule has 1 amide bonds. The molecule has 30 heavy (non-hydrogen) atoms. The van der Waals surface area contributed by atoms with Crippen LogP contribution in [0.15, 0.2) is 30.4 Å². The minimum Gasteiger partial charge on any atom is -0.487 e. The lowest BCUT2D eigenvalue weighted by Gasteiger charge is -2.20. The van der Waals surface area contributed by atoms with Gasteiger partial charge in [-0.1, -0.05) is 6.08 Å². The van der Waals surface area contributed by atoms with E-state index < -0.39 is 19.3 Å². The Bertz CT molecular complexity index is 777. The number of rotatable bonds is 11. The lowest BCUT2D eigenvalue weighted by molar-refractivity contribution is -0.139. The molecule has 2 rings (SSSR count). The van der Waals surface area contributed by atoms with Crippen molar-refractivity contribution < 1.29 is 33.4 Å². The van der Waals surface area contributed by atoms with E-state index in [9.17, 15) is 18.8 Å². The Morgan fingerprint density at radius 1 is 1.23 bits per heavy atom. The number of likely N-dealkylation sites (N-methyl/N-ethyl adjacent to an activating group) is 1. The summed E-state index contributed by atoms with van der Waals surface area (Å²) in [6.45, 7) is 0.0956. The standard InChI is InChI=1S/C21H27FN2O6/c1-24(20(26)5-2-15-6-9-23-10-7-15)13-17(25)16-3-4-18(30-14-21(27)28)19(12-16)29-11-8-22/h2-5,12,15,23H,6-11,13-14H2,1H3,(H,27,28). The number of hydrogen-bond donors (Lipinski definition) is 2. The van der Waals surface area contributed by atoms with Gasteiger partial charge in [-0.05, 0) is 56.1 Å². The van der Waals surface area contributed by atoms with E-state index >= 15 is 0 Å². The number of carboxylic acid groups (broad SMARTS) is 1. The highest BCUT2D eigenvalue weighted by Crippen LogP contribution is 2.29. The lowest BCUT2D eigenvalue weighted by Crippen LogP contribution is -2.31. The number of alkyl halides is 1. The molecule has 0 bridgehead atoms. The van der Waals surface area contributed by atoms with Crippen molar-refractivity contribution in [2.45, 2.75) is 12.8 Å². The number of halogens is 1. The van der Waals surface area contributed by atoms with Crippen LogP contribution in [0.25, 0.3) is 0 Å². The normalized spacial score (nSPS) is 14.5. The molecular weight excluding hydrogens is 395 g/mol. The minimum atomic E-state index is -1.18. The summed E-state index contributed by atoms with van der Waals surface area (Å²) in [5, 5.41) is 12.0. The fourth-order valence-corrected chi connectivity index (χ4v) is 2.97. The van der Waals surface area contributed by atoms with Gasteiger partial charge in [-0.15, -0.1) is 0 Å². The molecule has 0 saturated carbocycles. The average Bonchev–Trinajstić information content (AvgIpc) is 2.75. The van der Waals surface area contributed by atoms with Gasteiger partial charge in [0.15, 0.2) is 23.9 Å². The highest BCUT2D eigenvalue weighted by atomic mass is 19.1. The van der Waals surface area contributed by atoms with E-state index in [4.69, 9.17) is 14.6 Å². The number of aliphatic carboxylic acids is 1. The van der Waals surface area contributed by atoms with Gasteiger partial charge in [-0.3, -0.25) is 9.59 Å². The van der Waals surface area contributed by atoms with Gasteiger partial charge in [0.1, 0.15) is 13.3 Å². The zero-order chi connectivity index (χ0) is 21.9. The van der Waals surface area contributed by atoms with Crippen LogP contribution in [0.1, 0.15) is 23.2 Å². The van der Waals surface area contributed by atoms with Crippen molar-refractivity contribution in [3.05, 3.63) is 35.9 Å². The molecule has 2 N–H and O–H groups in total. The molecule has 0 spiro atoms. The summed E-state index contributed by atoms with van der Waals surface area (Å²) >= 11 is 0. The molecule has 8 nitrogen and oxygen atoms in total. The predicted octanol–water partition coefficient (Wildman–Crippen LogP) is 1.70. The van der Waals surface area contributed by atoms with Crippen LogP contribution in [-0.2, 0) is 9.59 Å². The van der Waals surface area contributed by atoms with Crippen LogP contribution < -0.4 is 14.8 Å². The third-order valence-electron chi connectivity index (χ3n) is 4.60. The molecule has 1 heterocycles. The Kier molecular flexibility index (Phi) is 9.27. The Balaban J connectivity index is 2.00. The number of carbonyl (C=O) groups is 3. The second-order valence-corrected chi connectivity index (χ2v) is 6.95. The smallest absolute Gasteiger partial charge is 0.341 e. The number of nitrogens with one attached hydrogen (secondary N) is 1. The topological polar surface area (TPSA) is 105 Å². The molecule has 0 atom stereocenters. The largest absolute Gasteiger partial charge is 0.487 e. The molecule has 1 aromatic rings. The number of piperidine rings is 1. The highest BCUT2D eigenvalue weighted by molar-refractivity contribution is 6.01. The summed E-state index contributed by atoms with van der Waals surface area (Å²) in [7, 11) is 1.54. The van der Waals surface area contributed by atoms with Gasteiger partial charge in [0.05, 0.1) is 6.54 Å². The number of ketones is 1. The Labute approximate surface area is 174 Å². The van der Waals surface area contributed by atoms with Crippen molar-refractivity contribution in [1.82, 2.24) is 10.2 Å². The van der Waals surface area contributed by atoms with Crippen molar-refractivity contribution in [2.24, 2.45) is 5.92 Å². The van der Waals surface area contributed by atoms with Crippen molar-refractivity contribution in [2.75, 3.05) is 46.6 Å². The van der Waals surface area contributed by atoms with Crippen LogP contribution in [0.5, 0.6) is 11.5 Å². The van der Waals surface area contributed by atoms with E-state index in [2.05, 4.69) is 5.32 Å². The van der Waals surface area contributed by atoms with Crippen LogP contribution in [0.2, 0.25) is 0 Å². The number of nitrogens with zero attached hydrogens (tertiary/aromatic N) is 1. The van der Waals surface area contributed by atoms with Crippen LogP contribution in [0.4, 0.5) is 4.39 Å². The third kappa shape index (κ3) is 7.47. The van der Waals surface area contributed by atoms with Gasteiger partial charge in [-0.25, -0.2) is 9.18 Å². The van der Waals surface area contributed by atoms with Gasteiger partial charge in [-0.2, -0.15) is 0 Å². The maximum absolute atomic E-state index is 12.6. The van der Waals surface area contributed by atoms with Crippen molar-refractivity contribution in [3.63, 3.8) is 0 Å². The van der Waals surface area contributed by atoms with Crippen molar-refractivity contribution in [1.29, 1.82) is 0 Å². The second kappa shape index (κ2) is 11.9. The van der Waals surface area contributed by atoms with Gasteiger partial charge in [0, 0.05) is 12.6 Å². The molecule has 9 heteroatoms. The predicted molar refractivity (Wildman–Crippen MR) is 108 cm³/mol. The van der Waals surface area contributed by atoms with Crippen molar-refractivity contribution in [3.8, 4) is 11.5 Å². The summed E-state index contributed by atoms with van der Waals surface area (Å²) in [6.07, 6.45) is 5.35. The SMILES string of the molecule is CN(CC(=O)c1ccc(OCC(=O)O)c(OCCF)c1)C(=O)C=CC1CCNCC1. The molecule has 0 aromatic heterocycles. The van der Waals surface area contributed by atoms with Gasteiger partial charge >= 0.3 is 5.97 Å². The molecule has 1 saturated heterocycles. The summed E-state index contributed by atoms with van der Waals surface area (Å²) < 4.78 is 22.8. The summed E-state index contributed by atoms with van der Waals surface area (Å²) in [5.41, 5.74) is 0.244. The van der Waals surface area contributed by atoms with E-state index in [1.807, 2.05) is 6.08 Å². The quantitative estimate of drug-likeness (QED) is 0.413. The molecule has 164 valence electrons. The first kappa shape index (κ1) is 23.3. The summed E-state index contributed by atoms with van der Waals surface area (Å²) in [4.78, 5) is 36.9. The molecule has 0 unspecified atom stereocenters. The maximum atomic E-state index is 12.6. The van der Waals surface area contributed by atoms with Crippen LogP contribution in [0, 0.1) is 5.92 Å². The third-order valence-corrected chi connectivity index (χ3v) is 4.60. The molecular formula is C21H27FN2O6. The fourth-order valence-electron chi connectivity index (χ4n) is 2.97. The van der Waals surface area contributed by atoms with E-state index in [-0.39, 0.29) is 41.9 Å². The first-order valence-corrected chi connectivity index (χ1v) is 9.75. The number of allylic oxidation sites excluding steroid dienone is 1. The molecule has 0 radical (unpaired) electrons. The number of benzene rings is 1. The Morgan fingerprint density at radius 2 is 1.97 bits per heavy atom. The van der Waals surface area contributed by atoms with Crippen molar-refractivity contribution >= 4 is 17.7 Å². The molecule has 1 aliphatic rings. The van der Waals surface area contributed by atoms with Gasteiger partial charge in [0.25, 0.3) is 0 Å². The number of carboxylic acids is 1. The van der Waals surface area contributed by atoms with E-state index in [1.165, 1.54) is 36.2 Å². The number of hydrogen-bond acceptors (Lipinski definition) is 6. The van der Waals surface area contributed by atoms with Crippen LogP contribution in [0.3, 0.4) is 0 Å². The fraction of sp³-hybridized carbons (Fsp3) is 0.476. The van der Waals surface area contributed by atoms with E-state index in [0.29, 0.717) is 5.92 Å². The summed E-state index contributed by atoms with van der Waals surface area (Å²) in [6, 6.07) is 4.20. The zero-order valence-electron chi connectivity index (χ0n) is 16.9. The lowest BCUT2D eigenvalue weighted by atomic mass is 9.98. The molecule has 1 aromatic carbocycles. The monoisotopic (exact) mass is 422 g/mol. The molecule has 1 fully saturated rings. The van der Waals surface area contributed by atoms with E-state index in [0.717, 1.165) is 25.9 Å². The number of carbonyl (C=O) groups excluding carboxylic acids is 2. The number of amides is 1. The highest BCUT2D eigenvalue weighted by Gasteiger charge is 2.17. The Morgan fingerprint density at radius 3 is 2.63 bits per heavy atom.